The van der Waals surface area contributed by atoms with Crippen LogP contribution in [0.3, 0.4) is 0 Å². The molecule has 186 valence electrons. The smallest absolute Gasteiger partial charge is 0.273 e. The Labute approximate surface area is 221 Å². The van der Waals surface area contributed by atoms with Gasteiger partial charge in [0.25, 0.3) is 23.4 Å². The highest BCUT2D eigenvalue weighted by atomic mass is 79.9. The van der Waals surface area contributed by atoms with Crippen LogP contribution in [0, 0.1) is 39.6 Å². The quantitative estimate of drug-likeness (QED) is 0.159. The lowest BCUT2D eigenvalue weighted by Crippen LogP contribution is -2.52. The van der Waals surface area contributed by atoms with Crippen molar-refractivity contribution in [2.24, 2.45) is 23.7 Å². The minimum absolute atomic E-state index is 0.0138. The van der Waals surface area contributed by atoms with Crippen molar-refractivity contribution in [1.82, 2.24) is 10.0 Å². The molecule has 0 aromatic heterocycles. The Kier molecular flexibility index (Phi) is 6.27. The monoisotopic (exact) mass is 621 g/mol. The fourth-order valence-electron chi connectivity index (χ4n) is 5.54. The van der Waals surface area contributed by atoms with Crippen LogP contribution in [-0.2, 0) is 9.59 Å². The summed E-state index contributed by atoms with van der Waals surface area (Å²) < 4.78 is 13.3. The molecule has 1 heterocycles. The Bertz CT molecular complexity index is 1260. The van der Waals surface area contributed by atoms with Gasteiger partial charge in [0.1, 0.15) is 12.4 Å². The van der Waals surface area contributed by atoms with Gasteiger partial charge >= 0.3 is 0 Å². The average Bonchev–Trinajstić information content (AvgIpc) is 3.47. The van der Waals surface area contributed by atoms with Crippen LogP contribution in [0.25, 0.3) is 0 Å². The molecule has 0 radical (unpaired) electrons. The Balaban J connectivity index is 1.50. The number of nitro groups is 1. The standard InChI is InChI=1S/C24H18Br2FN3O6/c25-20-15-9-16(21(20)26)19-18(15)23(33)29(24(19)34)28(10-17(31)11-1-5-13(27)6-2-11)22(32)12-3-7-14(8-4-12)30(35)36/h1-8,15-16,18-21H,9-10H2/t15-,16-,18-,19-,20+,21+/m1/s1. The number of halogens is 3. The first-order valence-corrected chi connectivity index (χ1v) is 12.9. The van der Waals surface area contributed by atoms with E-state index in [1.54, 1.807) is 0 Å². The SMILES string of the molecule is O=C(CN(C(=O)c1ccc([N+](=O)[O-])cc1)N1C(=O)[C@@H]2[C@H]3C[C@@H]([C@H](Br)[C@H]3Br)[C@H]2C1=O)c1ccc(F)cc1. The van der Waals surface area contributed by atoms with Crippen molar-refractivity contribution < 1.29 is 28.5 Å². The van der Waals surface area contributed by atoms with Crippen LogP contribution >= 0.6 is 31.9 Å². The van der Waals surface area contributed by atoms with E-state index in [0.717, 1.165) is 34.3 Å². The summed E-state index contributed by atoms with van der Waals surface area (Å²) in [5.41, 5.74) is -0.185. The molecule has 36 heavy (non-hydrogen) atoms. The van der Waals surface area contributed by atoms with Gasteiger partial charge in [-0.2, -0.15) is 5.01 Å². The zero-order chi connectivity index (χ0) is 25.9. The van der Waals surface area contributed by atoms with Crippen molar-refractivity contribution in [2.45, 2.75) is 16.1 Å². The number of imide groups is 1. The Morgan fingerprint density at radius 1 is 0.944 bits per heavy atom. The van der Waals surface area contributed by atoms with Crippen LogP contribution in [0.2, 0.25) is 0 Å². The third-order valence-electron chi connectivity index (χ3n) is 7.22. The molecular formula is C24H18Br2FN3O6. The second kappa shape index (κ2) is 9.15. The van der Waals surface area contributed by atoms with Crippen LogP contribution in [0.15, 0.2) is 48.5 Å². The number of Topliss-reactive ketones (excluding diaryl/α,β-unsaturated/α-hetero) is 1. The van der Waals surface area contributed by atoms with Gasteiger partial charge in [0, 0.05) is 32.9 Å². The van der Waals surface area contributed by atoms with Crippen molar-refractivity contribution in [3.63, 3.8) is 0 Å². The van der Waals surface area contributed by atoms with Crippen LogP contribution in [0.5, 0.6) is 0 Å². The number of nitro benzene ring substituents is 1. The maximum atomic E-state index is 13.5. The molecule has 5 rings (SSSR count). The maximum Gasteiger partial charge on any atom is 0.273 e. The summed E-state index contributed by atoms with van der Waals surface area (Å²) in [5, 5.41) is 12.6. The van der Waals surface area contributed by atoms with E-state index < -0.39 is 52.6 Å². The van der Waals surface area contributed by atoms with Crippen LogP contribution in [-0.4, -0.2) is 54.6 Å². The molecule has 0 unspecified atom stereocenters. The number of ketones is 1. The highest BCUT2D eigenvalue weighted by Gasteiger charge is 2.67. The van der Waals surface area contributed by atoms with E-state index in [1.165, 1.54) is 24.3 Å². The van der Waals surface area contributed by atoms with E-state index in [4.69, 9.17) is 0 Å². The first-order chi connectivity index (χ1) is 17.1. The third kappa shape index (κ3) is 3.86. The number of hydrazine groups is 1. The van der Waals surface area contributed by atoms with Gasteiger partial charge in [0.15, 0.2) is 5.78 Å². The minimum atomic E-state index is -0.833. The predicted molar refractivity (Wildman–Crippen MR) is 131 cm³/mol. The molecule has 2 aliphatic carbocycles. The molecule has 1 aliphatic heterocycles. The number of non-ortho nitro benzene ring substituents is 1. The van der Waals surface area contributed by atoms with Gasteiger partial charge in [0.05, 0.1) is 16.8 Å². The van der Waals surface area contributed by atoms with E-state index in [-0.39, 0.29) is 38.3 Å². The topological polar surface area (TPSA) is 118 Å². The molecule has 3 amide bonds. The second-order valence-corrected chi connectivity index (χ2v) is 11.2. The molecule has 6 atom stereocenters. The van der Waals surface area contributed by atoms with E-state index in [0.29, 0.717) is 6.42 Å². The number of amides is 3. The summed E-state index contributed by atoms with van der Waals surface area (Å²) in [6.07, 6.45) is 0.692. The maximum absolute atomic E-state index is 13.5. The zero-order valence-electron chi connectivity index (χ0n) is 18.4. The van der Waals surface area contributed by atoms with Crippen molar-refractivity contribution >= 4 is 61.1 Å². The lowest BCUT2D eigenvalue weighted by Gasteiger charge is -2.30. The van der Waals surface area contributed by atoms with Gasteiger partial charge in [-0.05, 0) is 54.7 Å². The summed E-state index contributed by atoms with van der Waals surface area (Å²) in [6, 6.07) is 9.34. The molecule has 3 fully saturated rings. The number of carbonyl (C=O) groups excluding carboxylic acids is 4. The largest absolute Gasteiger partial charge is 0.292 e. The normalized spacial score (nSPS) is 28.4. The summed E-state index contributed by atoms with van der Waals surface area (Å²) >= 11 is 7.23. The Morgan fingerprint density at radius 3 is 1.94 bits per heavy atom. The third-order valence-corrected chi connectivity index (χ3v) is 10.4. The number of carbonyl (C=O) groups is 4. The first-order valence-electron chi connectivity index (χ1n) is 11.1. The predicted octanol–water partition coefficient (Wildman–Crippen LogP) is 3.75. The fraction of sp³-hybridized carbons (Fsp3) is 0.333. The van der Waals surface area contributed by atoms with E-state index >= 15 is 0 Å². The van der Waals surface area contributed by atoms with Gasteiger partial charge in [0.2, 0.25) is 0 Å². The molecule has 0 N–H and O–H groups in total. The molecule has 9 nitrogen and oxygen atoms in total. The number of hydrogen-bond donors (Lipinski definition) is 0. The van der Waals surface area contributed by atoms with E-state index in [2.05, 4.69) is 31.9 Å². The van der Waals surface area contributed by atoms with Gasteiger partial charge < -0.3 is 0 Å². The zero-order valence-corrected chi connectivity index (χ0v) is 21.6. The van der Waals surface area contributed by atoms with Gasteiger partial charge in [-0.3, -0.25) is 29.3 Å². The van der Waals surface area contributed by atoms with Crippen molar-refractivity contribution in [3.8, 4) is 0 Å². The molecule has 2 aromatic carbocycles. The molecule has 2 aromatic rings. The van der Waals surface area contributed by atoms with Crippen molar-refractivity contribution in [1.29, 1.82) is 0 Å². The van der Waals surface area contributed by atoms with Gasteiger partial charge in [-0.25, -0.2) is 9.40 Å². The number of alkyl halides is 2. The summed E-state index contributed by atoms with van der Waals surface area (Å²) in [5.74, 6) is -4.53. The van der Waals surface area contributed by atoms with E-state index in [9.17, 15) is 33.7 Å². The first kappa shape index (κ1) is 24.7. The molecule has 1 saturated heterocycles. The summed E-state index contributed by atoms with van der Waals surface area (Å²) in [7, 11) is 0. The molecule has 12 heteroatoms. The van der Waals surface area contributed by atoms with Crippen LogP contribution in [0.4, 0.5) is 10.1 Å². The van der Waals surface area contributed by atoms with Gasteiger partial charge in [-0.1, -0.05) is 31.9 Å². The Morgan fingerprint density at radius 2 is 1.44 bits per heavy atom. The summed E-state index contributed by atoms with van der Waals surface area (Å²) in [4.78, 5) is 64.0. The molecule has 0 spiro atoms. The average molecular weight is 623 g/mol. The number of rotatable bonds is 6. The number of hydrogen-bond acceptors (Lipinski definition) is 6. The van der Waals surface area contributed by atoms with Gasteiger partial charge in [-0.15, -0.1) is 0 Å². The minimum Gasteiger partial charge on any atom is -0.292 e. The Hall–Kier alpha value is -2.99. The molecular weight excluding hydrogens is 605 g/mol. The summed E-state index contributed by atoms with van der Waals surface area (Å²) in [6.45, 7) is -0.650. The highest BCUT2D eigenvalue weighted by Crippen LogP contribution is 2.60. The van der Waals surface area contributed by atoms with E-state index in [1.807, 2.05) is 0 Å². The number of benzene rings is 2. The van der Waals surface area contributed by atoms with Crippen LogP contribution < -0.4 is 0 Å². The van der Waals surface area contributed by atoms with Crippen molar-refractivity contribution in [3.05, 3.63) is 75.6 Å². The number of nitrogens with zero attached hydrogens (tertiary/aromatic N) is 3. The molecule has 2 saturated carbocycles. The highest BCUT2D eigenvalue weighted by molar-refractivity contribution is 9.12. The van der Waals surface area contributed by atoms with Crippen LogP contribution in [0.1, 0.15) is 27.1 Å². The van der Waals surface area contributed by atoms with Crippen molar-refractivity contribution in [2.75, 3.05) is 6.54 Å². The lowest BCUT2D eigenvalue weighted by atomic mass is 9.81. The fourth-order valence-corrected chi connectivity index (χ4v) is 7.42. The molecule has 3 aliphatic rings. The molecule has 2 bridgehead atoms. The number of fused-ring (bicyclic) bond motifs is 5. The lowest BCUT2D eigenvalue weighted by molar-refractivity contribution is -0.384. The second-order valence-electron chi connectivity index (χ2n) is 9.09.